The molecule has 2 heterocycles. The van der Waals surface area contributed by atoms with Crippen molar-refractivity contribution in [2.24, 2.45) is 5.14 Å². The summed E-state index contributed by atoms with van der Waals surface area (Å²) >= 11 is 0.865. The van der Waals surface area contributed by atoms with Crippen molar-refractivity contribution in [2.75, 3.05) is 17.5 Å². The highest BCUT2D eigenvalue weighted by atomic mass is 32.2. The van der Waals surface area contributed by atoms with Gasteiger partial charge in [-0.2, -0.15) is 0 Å². The summed E-state index contributed by atoms with van der Waals surface area (Å²) in [6, 6.07) is 12.8. The van der Waals surface area contributed by atoms with Gasteiger partial charge in [-0.15, -0.1) is 0 Å². The molecule has 0 fully saturated rings. The second kappa shape index (κ2) is 8.25. The molecule has 29 heavy (non-hydrogen) atoms. The van der Waals surface area contributed by atoms with Gasteiger partial charge in [-0.3, -0.25) is 9.69 Å². The first kappa shape index (κ1) is 20.9. The third-order valence-electron chi connectivity index (χ3n) is 4.23. The molecule has 3 aromatic rings. The van der Waals surface area contributed by atoms with Gasteiger partial charge >= 0.3 is 0 Å². The number of pyridine rings is 1. The zero-order valence-corrected chi connectivity index (χ0v) is 17.4. The van der Waals surface area contributed by atoms with Crippen LogP contribution < -0.4 is 20.3 Å². The van der Waals surface area contributed by atoms with Crippen molar-refractivity contribution in [1.29, 1.82) is 0 Å². The normalized spacial score (nSPS) is 11.3. The molecule has 9 nitrogen and oxygen atoms in total. The predicted octanol–water partition coefficient (Wildman–Crippen LogP) is 1.19. The van der Waals surface area contributed by atoms with Crippen molar-refractivity contribution < 1.29 is 23.1 Å². The summed E-state index contributed by atoms with van der Waals surface area (Å²) in [4.78, 5) is 18.1. The molecule has 0 saturated carbocycles. The van der Waals surface area contributed by atoms with Crippen LogP contribution >= 0.6 is 11.3 Å². The Kier molecular flexibility index (Phi) is 5.94. The number of hydrogen-bond acceptors (Lipinski definition) is 7. The van der Waals surface area contributed by atoms with Crippen LogP contribution in [0.1, 0.15) is 11.3 Å². The van der Waals surface area contributed by atoms with Gasteiger partial charge in [0.15, 0.2) is 9.34 Å². The molecule has 0 aliphatic heterocycles. The first-order valence-corrected chi connectivity index (χ1v) is 10.8. The van der Waals surface area contributed by atoms with Crippen LogP contribution in [0, 0.1) is 6.92 Å². The molecular weight excluding hydrogens is 414 g/mol. The largest absolute Gasteiger partial charge is 0.291 e. The Morgan fingerprint density at radius 1 is 1.28 bits per heavy atom. The number of aryl methyl sites for hydroxylation is 1. The van der Waals surface area contributed by atoms with Crippen molar-refractivity contribution in [3.63, 3.8) is 0 Å². The van der Waals surface area contributed by atoms with Crippen LogP contribution in [-0.4, -0.2) is 31.6 Å². The molecule has 0 saturated heterocycles. The molecule has 4 N–H and O–H groups in total. The lowest BCUT2D eigenvalue weighted by atomic mass is 10.1. The van der Waals surface area contributed by atoms with Gasteiger partial charge < -0.3 is 0 Å². The van der Waals surface area contributed by atoms with E-state index < -0.39 is 10.0 Å². The Bertz CT molecular complexity index is 1140. The van der Waals surface area contributed by atoms with Gasteiger partial charge in [-0.05, 0) is 30.7 Å². The van der Waals surface area contributed by atoms with Gasteiger partial charge in [-0.1, -0.05) is 33.7 Å². The van der Waals surface area contributed by atoms with E-state index in [9.17, 15) is 18.4 Å². The molecule has 11 heteroatoms. The zero-order chi connectivity index (χ0) is 21.2. The van der Waals surface area contributed by atoms with E-state index in [-0.39, 0.29) is 27.4 Å². The molecule has 0 unspecified atom stereocenters. The number of benzene rings is 1. The summed E-state index contributed by atoms with van der Waals surface area (Å²) in [5.74, 6) is -0.237. The van der Waals surface area contributed by atoms with Crippen LogP contribution in [0.15, 0.2) is 52.9 Å². The van der Waals surface area contributed by atoms with Crippen molar-refractivity contribution in [1.82, 2.24) is 4.98 Å². The molecule has 0 spiro atoms. The Balaban J connectivity index is 1.76. The molecule has 0 aliphatic rings. The summed E-state index contributed by atoms with van der Waals surface area (Å²) < 4.78 is 24.5. The fraction of sp³-hybridized carbons (Fsp3) is 0.167. The highest BCUT2D eigenvalue weighted by molar-refractivity contribution is 7.91. The predicted molar refractivity (Wildman–Crippen MR) is 109 cm³/mol. The maximum Gasteiger partial charge on any atom is 0.249 e. The number of carbonyl (C=O) groups excluding carboxylic acids is 1. The van der Waals surface area contributed by atoms with E-state index in [1.807, 2.05) is 36.4 Å². The fourth-order valence-corrected chi connectivity index (χ4v) is 4.66. The van der Waals surface area contributed by atoms with Crippen molar-refractivity contribution in [3.05, 3.63) is 59.9 Å². The van der Waals surface area contributed by atoms with Gasteiger partial charge in [0, 0.05) is 24.7 Å². The van der Waals surface area contributed by atoms with Gasteiger partial charge in [0.1, 0.15) is 0 Å². The highest BCUT2D eigenvalue weighted by Crippen LogP contribution is 2.28. The lowest BCUT2D eigenvalue weighted by Gasteiger charge is -2.13. The first-order chi connectivity index (χ1) is 13.7. The number of anilines is 1. The standard InChI is InChI=1S/C18H20N5O4S2/c1-12-17(29(19,26)27)28-18(20-12)22(2)16(24)11-13-6-8-14(9-7-13)15-5-3-4-10-23(15)21-25/h3-10,21,25H,11H2,1-2H3,(H2,19,26,27)/q+1. The van der Waals surface area contributed by atoms with Gasteiger partial charge in [-0.25, -0.2) is 23.7 Å². The van der Waals surface area contributed by atoms with Crippen LogP contribution in [0.4, 0.5) is 5.13 Å². The van der Waals surface area contributed by atoms with E-state index in [4.69, 9.17) is 5.14 Å². The third-order valence-corrected chi connectivity index (χ3v) is 7.02. The van der Waals surface area contributed by atoms with Crippen LogP contribution in [0.25, 0.3) is 11.3 Å². The highest BCUT2D eigenvalue weighted by Gasteiger charge is 2.22. The second-order valence-corrected chi connectivity index (χ2v) is 9.03. The summed E-state index contributed by atoms with van der Waals surface area (Å²) in [6.45, 7) is 1.54. The number of carbonyl (C=O) groups is 1. The molecule has 0 bridgehead atoms. The number of amides is 1. The minimum absolute atomic E-state index is 0.0508. The Morgan fingerprint density at radius 3 is 2.55 bits per heavy atom. The molecule has 1 amide bonds. The van der Waals surface area contributed by atoms with Crippen LogP contribution in [0.5, 0.6) is 0 Å². The number of sulfonamides is 1. The summed E-state index contributed by atoms with van der Waals surface area (Å²) in [5.41, 5.74) is 4.74. The molecule has 0 atom stereocenters. The molecule has 1 aromatic carbocycles. The zero-order valence-electron chi connectivity index (χ0n) is 15.7. The minimum Gasteiger partial charge on any atom is -0.291 e. The smallest absolute Gasteiger partial charge is 0.249 e. The number of aromatic nitrogens is 2. The molecule has 3 rings (SSSR count). The van der Waals surface area contributed by atoms with E-state index >= 15 is 0 Å². The number of nitrogens with two attached hydrogens (primary N) is 1. The van der Waals surface area contributed by atoms with E-state index in [0.717, 1.165) is 28.2 Å². The Hall–Kier alpha value is -2.86. The van der Waals surface area contributed by atoms with E-state index in [0.29, 0.717) is 0 Å². The average molecular weight is 435 g/mol. The SMILES string of the molecule is Cc1nc(N(C)C(=O)Cc2ccc(-c3cccc[n+]3NO)cc2)sc1S(N)(=O)=O. The Morgan fingerprint density at radius 2 is 1.97 bits per heavy atom. The second-order valence-electron chi connectivity index (χ2n) is 6.30. The number of primary sulfonamides is 1. The molecule has 0 radical (unpaired) electrons. The lowest BCUT2D eigenvalue weighted by Crippen LogP contribution is -2.44. The van der Waals surface area contributed by atoms with E-state index in [2.05, 4.69) is 10.6 Å². The third kappa shape index (κ3) is 4.59. The van der Waals surface area contributed by atoms with Crippen molar-refractivity contribution >= 4 is 32.4 Å². The van der Waals surface area contributed by atoms with Crippen molar-refractivity contribution in [3.8, 4) is 11.3 Å². The van der Waals surface area contributed by atoms with E-state index in [1.165, 1.54) is 16.5 Å². The molecule has 0 aliphatic carbocycles. The fourth-order valence-electron chi connectivity index (χ4n) is 2.73. The number of nitrogens with zero attached hydrogens (tertiary/aromatic N) is 3. The average Bonchev–Trinajstić information content (AvgIpc) is 3.10. The van der Waals surface area contributed by atoms with Gasteiger partial charge in [0.25, 0.3) is 0 Å². The summed E-state index contributed by atoms with van der Waals surface area (Å²) in [7, 11) is -2.33. The molecular formula is C18H20N5O4S2+. The van der Waals surface area contributed by atoms with Crippen LogP contribution in [0.2, 0.25) is 0 Å². The summed E-state index contributed by atoms with van der Waals surface area (Å²) in [5, 5.41) is 14.6. The Labute approximate surface area is 172 Å². The summed E-state index contributed by atoms with van der Waals surface area (Å²) in [6.07, 6.45) is 1.79. The first-order valence-electron chi connectivity index (χ1n) is 8.47. The lowest BCUT2D eigenvalue weighted by molar-refractivity contribution is -0.667. The van der Waals surface area contributed by atoms with E-state index in [1.54, 1.807) is 19.3 Å². The topological polar surface area (TPSA) is 130 Å². The maximum atomic E-state index is 12.6. The number of likely N-dealkylation sites (N-methyl/N-ethyl adjacent to an activating group) is 1. The number of nitrogens with one attached hydrogen (secondary N) is 1. The van der Waals surface area contributed by atoms with Crippen LogP contribution in [0.3, 0.4) is 0 Å². The number of thiazole rings is 1. The monoisotopic (exact) mass is 434 g/mol. The number of rotatable bonds is 6. The van der Waals surface area contributed by atoms with Crippen LogP contribution in [-0.2, 0) is 21.2 Å². The minimum atomic E-state index is -3.87. The van der Waals surface area contributed by atoms with Gasteiger partial charge in [0.05, 0.1) is 12.1 Å². The number of hydrogen-bond donors (Lipinski definition) is 3. The quantitative estimate of drug-likeness (QED) is 0.395. The molecule has 2 aromatic heterocycles. The maximum absolute atomic E-state index is 12.6. The van der Waals surface area contributed by atoms with Gasteiger partial charge in [0.2, 0.25) is 27.8 Å². The van der Waals surface area contributed by atoms with Crippen molar-refractivity contribution in [2.45, 2.75) is 17.6 Å². The molecule has 152 valence electrons.